The van der Waals surface area contributed by atoms with E-state index >= 15 is 0 Å². The fraction of sp³-hybridized carbons (Fsp3) is 0.400. The molecule has 1 aromatic carbocycles. The Morgan fingerprint density at radius 2 is 2.05 bits per heavy atom. The smallest absolute Gasteiger partial charge is 0.255 e. The first-order valence-electron chi connectivity index (χ1n) is 6.27. The van der Waals surface area contributed by atoms with Gasteiger partial charge in [-0.05, 0) is 6.07 Å². The van der Waals surface area contributed by atoms with E-state index in [1.807, 2.05) is 43.5 Å². The molecule has 0 aliphatic carbocycles. The van der Waals surface area contributed by atoms with E-state index < -0.39 is 0 Å². The number of hydrogen-bond donors (Lipinski definition) is 1. The fourth-order valence-electron chi connectivity index (χ4n) is 2.11. The number of hydrogen-bond acceptors (Lipinski definition) is 3. The highest BCUT2D eigenvalue weighted by Crippen LogP contribution is 2.27. The van der Waals surface area contributed by atoms with Gasteiger partial charge in [0.1, 0.15) is 0 Å². The lowest BCUT2D eigenvalue weighted by atomic mass is 9.94. The van der Waals surface area contributed by atoms with Gasteiger partial charge in [0.2, 0.25) is 0 Å². The number of aliphatic hydroxyl groups is 1. The van der Waals surface area contributed by atoms with Crippen molar-refractivity contribution in [2.24, 2.45) is 5.41 Å². The summed E-state index contributed by atoms with van der Waals surface area (Å²) in [5.41, 5.74) is 0.466. The lowest BCUT2D eigenvalue weighted by molar-refractivity contribution is 0.0666. The summed E-state index contributed by atoms with van der Waals surface area (Å²) in [6, 6.07) is 7.92. The van der Waals surface area contributed by atoms with Crippen molar-refractivity contribution in [2.75, 3.05) is 20.2 Å². The van der Waals surface area contributed by atoms with Gasteiger partial charge in [0.15, 0.2) is 0 Å². The van der Waals surface area contributed by atoms with Crippen molar-refractivity contribution in [2.45, 2.75) is 13.8 Å². The molecule has 0 bridgehead atoms. The maximum Gasteiger partial charge on any atom is 0.255 e. The average molecular weight is 277 g/mol. The highest BCUT2D eigenvalue weighted by Gasteiger charge is 2.23. The van der Waals surface area contributed by atoms with Gasteiger partial charge in [-0.3, -0.25) is 4.79 Å². The Labute approximate surface area is 117 Å². The zero-order chi connectivity index (χ0) is 14.0. The molecule has 1 amide bonds. The van der Waals surface area contributed by atoms with Gasteiger partial charge in [-0.15, -0.1) is 11.3 Å². The summed E-state index contributed by atoms with van der Waals surface area (Å²) in [4.78, 5) is 14.1. The molecule has 0 unspecified atom stereocenters. The summed E-state index contributed by atoms with van der Waals surface area (Å²) in [6.45, 7) is 4.49. The van der Waals surface area contributed by atoms with Gasteiger partial charge in [0, 0.05) is 41.1 Å². The number of aliphatic hydroxyl groups excluding tert-OH is 1. The second kappa shape index (κ2) is 5.31. The van der Waals surface area contributed by atoms with Gasteiger partial charge in [-0.1, -0.05) is 32.0 Å². The lowest BCUT2D eigenvalue weighted by Crippen LogP contribution is -2.37. The van der Waals surface area contributed by atoms with E-state index in [1.165, 1.54) is 0 Å². The van der Waals surface area contributed by atoms with E-state index in [1.54, 1.807) is 23.3 Å². The standard InChI is InChI=1S/C15H19NO2S/c1-15(2,10-17)9-16(3)14(18)12-8-19-13-7-5-4-6-11(12)13/h4-8,17H,9-10H2,1-3H3. The first kappa shape index (κ1) is 14.0. The van der Waals surface area contributed by atoms with Crippen LogP contribution >= 0.6 is 11.3 Å². The molecule has 0 spiro atoms. The molecule has 0 radical (unpaired) electrons. The summed E-state index contributed by atoms with van der Waals surface area (Å²) < 4.78 is 1.13. The van der Waals surface area contributed by atoms with Crippen LogP contribution in [0.1, 0.15) is 24.2 Å². The topological polar surface area (TPSA) is 40.5 Å². The van der Waals surface area contributed by atoms with Gasteiger partial charge in [-0.2, -0.15) is 0 Å². The SMILES string of the molecule is CN(CC(C)(C)CO)C(=O)c1csc2ccccc12. The zero-order valence-electron chi connectivity index (χ0n) is 11.5. The molecule has 4 heteroatoms. The Balaban J connectivity index is 2.24. The van der Waals surface area contributed by atoms with Crippen molar-refractivity contribution < 1.29 is 9.90 Å². The van der Waals surface area contributed by atoms with Crippen LogP contribution in [0.25, 0.3) is 10.1 Å². The number of carbonyl (C=O) groups is 1. The van der Waals surface area contributed by atoms with Crippen LogP contribution in [-0.2, 0) is 0 Å². The molecule has 0 aliphatic rings. The number of carbonyl (C=O) groups excluding carboxylic acids is 1. The molecule has 19 heavy (non-hydrogen) atoms. The molecule has 0 atom stereocenters. The highest BCUT2D eigenvalue weighted by atomic mass is 32.1. The van der Waals surface area contributed by atoms with Crippen molar-refractivity contribution in [3.63, 3.8) is 0 Å². The Kier molecular flexibility index (Phi) is 3.92. The van der Waals surface area contributed by atoms with Gasteiger partial charge >= 0.3 is 0 Å². The number of benzene rings is 1. The second-order valence-electron chi connectivity index (χ2n) is 5.63. The third-order valence-electron chi connectivity index (χ3n) is 3.15. The molecular formula is C15H19NO2S. The Morgan fingerprint density at radius 3 is 2.74 bits per heavy atom. The summed E-state index contributed by atoms with van der Waals surface area (Å²) >= 11 is 1.59. The molecule has 0 aliphatic heterocycles. The number of thiophene rings is 1. The Bertz CT molecular complexity index is 589. The molecule has 0 fully saturated rings. The minimum absolute atomic E-state index is 0.0129. The number of fused-ring (bicyclic) bond motifs is 1. The van der Waals surface area contributed by atoms with Crippen molar-refractivity contribution in [1.82, 2.24) is 4.90 Å². The van der Waals surface area contributed by atoms with Crippen LogP contribution < -0.4 is 0 Å². The van der Waals surface area contributed by atoms with Crippen molar-refractivity contribution in [3.05, 3.63) is 35.2 Å². The van der Waals surface area contributed by atoms with Crippen LogP contribution in [0.4, 0.5) is 0 Å². The molecule has 1 heterocycles. The lowest BCUT2D eigenvalue weighted by Gasteiger charge is -2.28. The molecule has 102 valence electrons. The molecule has 3 nitrogen and oxygen atoms in total. The van der Waals surface area contributed by atoms with Crippen LogP contribution in [0.5, 0.6) is 0 Å². The molecule has 2 rings (SSSR count). The largest absolute Gasteiger partial charge is 0.396 e. The van der Waals surface area contributed by atoms with E-state index in [2.05, 4.69) is 0 Å². The van der Waals surface area contributed by atoms with Gasteiger partial charge < -0.3 is 10.0 Å². The Hall–Kier alpha value is -1.39. The maximum absolute atomic E-state index is 12.5. The summed E-state index contributed by atoms with van der Waals surface area (Å²) in [5, 5.41) is 12.2. The van der Waals surface area contributed by atoms with Crippen LogP contribution in [0.2, 0.25) is 0 Å². The normalized spacial score (nSPS) is 11.8. The predicted octanol–water partition coefficient (Wildman–Crippen LogP) is 2.99. The molecule has 1 aromatic heterocycles. The molecule has 1 N–H and O–H groups in total. The third kappa shape index (κ3) is 2.96. The highest BCUT2D eigenvalue weighted by molar-refractivity contribution is 7.17. The van der Waals surface area contributed by atoms with Crippen molar-refractivity contribution in [3.8, 4) is 0 Å². The van der Waals surface area contributed by atoms with Gasteiger partial charge in [0.25, 0.3) is 5.91 Å². The molecule has 2 aromatic rings. The van der Waals surface area contributed by atoms with Gasteiger partial charge in [0.05, 0.1) is 5.56 Å². The van der Waals surface area contributed by atoms with E-state index in [9.17, 15) is 9.90 Å². The minimum atomic E-state index is -0.282. The first-order chi connectivity index (χ1) is 8.94. The van der Waals surface area contributed by atoms with E-state index in [-0.39, 0.29) is 17.9 Å². The number of rotatable bonds is 4. The molecule has 0 saturated carbocycles. The van der Waals surface area contributed by atoms with E-state index in [4.69, 9.17) is 0 Å². The molecule has 0 saturated heterocycles. The number of amides is 1. The minimum Gasteiger partial charge on any atom is -0.396 e. The van der Waals surface area contributed by atoms with Gasteiger partial charge in [-0.25, -0.2) is 0 Å². The Morgan fingerprint density at radius 1 is 1.37 bits per heavy atom. The van der Waals surface area contributed by atoms with E-state index in [0.717, 1.165) is 15.6 Å². The summed E-state index contributed by atoms with van der Waals surface area (Å²) in [7, 11) is 1.78. The fourth-order valence-corrected chi connectivity index (χ4v) is 3.05. The predicted molar refractivity (Wildman–Crippen MR) is 79.7 cm³/mol. The zero-order valence-corrected chi connectivity index (χ0v) is 12.3. The second-order valence-corrected chi connectivity index (χ2v) is 6.54. The monoisotopic (exact) mass is 277 g/mol. The van der Waals surface area contributed by atoms with Crippen LogP contribution in [0, 0.1) is 5.41 Å². The van der Waals surface area contributed by atoms with Crippen molar-refractivity contribution in [1.29, 1.82) is 0 Å². The van der Waals surface area contributed by atoms with E-state index in [0.29, 0.717) is 6.54 Å². The summed E-state index contributed by atoms with van der Waals surface area (Å²) in [6.07, 6.45) is 0. The van der Waals surface area contributed by atoms with Crippen LogP contribution in [0.3, 0.4) is 0 Å². The third-order valence-corrected chi connectivity index (χ3v) is 4.11. The number of nitrogens with zero attached hydrogens (tertiary/aromatic N) is 1. The summed E-state index contributed by atoms with van der Waals surface area (Å²) in [5.74, 6) is 0.0129. The molecular weight excluding hydrogens is 258 g/mol. The quantitative estimate of drug-likeness (QED) is 0.933. The maximum atomic E-state index is 12.5. The average Bonchev–Trinajstić information content (AvgIpc) is 2.81. The van der Waals surface area contributed by atoms with Crippen molar-refractivity contribution >= 4 is 27.3 Å². The van der Waals surface area contributed by atoms with Crippen LogP contribution in [0.15, 0.2) is 29.6 Å². The first-order valence-corrected chi connectivity index (χ1v) is 7.15. The van der Waals surface area contributed by atoms with Crippen LogP contribution in [-0.4, -0.2) is 36.1 Å².